The summed E-state index contributed by atoms with van der Waals surface area (Å²) in [6, 6.07) is 39.9. The summed E-state index contributed by atoms with van der Waals surface area (Å²) in [5.41, 5.74) is 7.88. The predicted octanol–water partition coefficient (Wildman–Crippen LogP) is 7.38. The van der Waals surface area contributed by atoms with E-state index >= 15 is 0 Å². The molecule has 0 unspecified atom stereocenters. The first-order valence-electron chi connectivity index (χ1n) is 10.9. The summed E-state index contributed by atoms with van der Waals surface area (Å²) in [6.07, 6.45) is 1.66. The van der Waals surface area contributed by atoms with Crippen LogP contribution in [0, 0.1) is 11.3 Å². The van der Waals surface area contributed by atoms with E-state index in [9.17, 15) is 5.26 Å². The zero-order valence-corrected chi connectivity index (χ0v) is 17.8. The fourth-order valence-corrected chi connectivity index (χ4v) is 4.74. The van der Waals surface area contributed by atoms with Gasteiger partial charge in [0.05, 0.1) is 16.7 Å². The van der Waals surface area contributed by atoms with E-state index in [0.717, 1.165) is 27.9 Å². The summed E-state index contributed by atoms with van der Waals surface area (Å²) in [4.78, 5) is 4.30. The lowest BCUT2D eigenvalue weighted by atomic mass is 9.93. The van der Waals surface area contributed by atoms with Gasteiger partial charge in [-0.2, -0.15) is 5.26 Å². The van der Waals surface area contributed by atoms with Crippen LogP contribution in [0.15, 0.2) is 115 Å². The monoisotopic (exact) mass is 421 g/mol. The van der Waals surface area contributed by atoms with Crippen LogP contribution in [0.1, 0.15) is 5.69 Å². The van der Waals surface area contributed by atoms with Crippen LogP contribution in [-0.2, 0) is 0 Å². The Bertz CT molecular complexity index is 1630. The third kappa shape index (κ3) is 3.01. The van der Waals surface area contributed by atoms with Crippen molar-refractivity contribution in [2.75, 3.05) is 0 Å². The smallest absolute Gasteiger partial charge is 0.148 e. The minimum atomic E-state index is 0.430. The van der Waals surface area contributed by atoms with Gasteiger partial charge < -0.3 is 4.57 Å². The van der Waals surface area contributed by atoms with Crippen LogP contribution >= 0.6 is 0 Å². The number of hydrogen-bond donors (Lipinski definition) is 0. The van der Waals surface area contributed by atoms with E-state index in [4.69, 9.17) is 0 Å². The van der Waals surface area contributed by atoms with E-state index in [2.05, 4.69) is 101 Å². The molecule has 0 aliphatic heterocycles. The molecule has 33 heavy (non-hydrogen) atoms. The lowest BCUT2D eigenvalue weighted by molar-refractivity contribution is 1.18. The summed E-state index contributed by atoms with van der Waals surface area (Å²) in [5.74, 6) is 0. The van der Waals surface area contributed by atoms with Crippen LogP contribution in [0.3, 0.4) is 0 Å². The Morgan fingerprint density at radius 3 is 1.73 bits per heavy atom. The molecule has 0 spiro atoms. The zero-order valence-electron chi connectivity index (χ0n) is 17.8. The Labute approximate surface area is 191 Å². The first-order valence-corrected chi connectivity index (χ1v) is 10.9. The fourth-order valence-electron chi connectivity index (χ4n) is 4.74. The molecule has 0 bridgehead atoms. The third-order valence-electron chi connectivity index (χ3n) is 6.15. The molecule has 3 heteroatoms. The maximum Gasteiger partial charge on any atom is 0.148 e. The minimum Gasteiger partial charge on any atom is -0.309 e. The number of aromatic nitrogens is 2. The maximum atomic E-state index is 9.67. The average Bonchev–Trinajstić information content (AvgIpc) is 3.23. The van der Waals surface area contributed by atoms with Gasteiger partial charge in [-0.25, -0.2) is 4.98 Å². The topological polar surface area (TPSA) is 41.6 Å². The van der Waals surface area contributed by atoms with Gasteiger partial charge in [-0.1, -0.05) is 78.9 Å². The van der Waals surface area contributed by atoms with Crippen molar-refractivity contribution in [3.05, 3.63) is 121 Å². The van der Waals surface area contributed by atoms with Crippen molar-refractivity contribution in [3.8, 4) is 34.0 Å². The molecule has 0 N–H and O–H groups in total. The molecule has 2 heterocycles. The number of hydrogen-bond acceptors (Lipinski definition) is 2. The van der Waals surface area contributed by atoms with Crippen LogP contribution in [0.5, 0.6) is 0 Å². The van der Waals surface area contributed by atoms with Crippen molar-refractivity contribution in [1.82, 2.24) is 9.55 Å². The summed E-state index contributed by atoms with van der Waals surface area (Å²) in [5, 5.41) is 12.1. The molecule has 3 nitrogen and oxygen atoms in total. The van der Waals surface area contributed by atoms with Crippen molar-refractivity contribution in [1.29, 1.82) is 5.26 Å². The van der Waals surface area contributed by atoms with E-state index in [1.54, 1.807) is 6.20 Å². The van der Waals surface area contributed by atoms with Crippen LogP contribution in [0.2, 0.25) is 0 Å². The molecule has 0 amide bonds. The maximum absolute atomic E-state index is 9.67. The van der Waals surface area contributed by atoms with Gasteiger partial charge in [0.1, 0.15) is 11.8 Å². The van der Waals surface area contributed by atoms with Gasteiger partial charge in [0, 0.05) is 28.1 Å². The first-order chi connectivity index (χ1) is 16.4. The highest BCUT2D eigenvalue weighted by Crippen LogP contribution is 2.39. The van der Waals surface area contributed by atoms with Crippen LogP contribution in [0.25, 0.3) is 49.7 Å². The van der Waals surface area contributed by atoms with Crippen molar-refractivity contribution < 1.29 is 0 Å². The Hall–Kier alpha value is -4.68. The van der Waals surface area contributed by atoms with Gasteiger partial charge >= 0.3 is 0 Å². The quantitative estimate of drug-likeness (QED) is 0.299. The molecule has 0 fully saturated rings. The molecule has 154 valence electrons. The average molecular weight is 422 g/mol. The molecular formula is C30H19N3. The number of nitriles is 1. The highest BCUT2D eigenvalue weighted by molar-refractivity contribution is 6.09. The largest absolute Gasteiger partial charge is 0.309 e. The molecule has 6 rings (SSSR count). The van der Waals surface area contributed by atoms with E-state index in [0.29, 0.717) is 5.69 Å². The first kappa shape index (κ1) is 19.0. The van der Waals surface area contributed by atoms with Gasteiger partial charge in [0.2, 0.25) is 0 Å². The molecule has 0 radical (unpaired) electrons. The highest BCUT2D eigenvalue weighted by Gasteiger charge is 2.17. The number of benzene rings is 4. The lowest BCUT2D eigenvalue weighted by Gasteiger charge is -2.17. The van der Waals surface area contributed by atoms with Gasteiger partial charge in [0.15, 0.2) is 0 Å². The second kappa shape index (κ2) is 7.78. The van der Waals surface area contributed by atoms with Crippen molar-refractivity contribution in [3.63, 3.8) is 0 Å². The van der Waals surface area contributed by atoms with E-state index in [1.165, 1.54) is 21.8 Å². The summed E-state index contributed by atoms with van der Waals surface area (Å²) < 4.78 is 2.34. The number of para-hydroxylation sites is 3. The molecule has 2 aromatic heterocycles. The standard InChI is InChI=1S/C30H19N3/c31-20-27-23(15-9-19-32-27)21-10-1-2-11-22(21)24-12-3-6-16-28(24)33-29-17-7-4-13-25(29)26-14-5-8-18-30(26)33/h1-19H. The second-order valence-corrected chi connectivity index (χ2v) is 7.94. The number of nitrogens with zero attached hydrogens (tertiary/aromatic N) is 3. The van der Waals surface area contributed by atoms with Gasteiger partial charge in [0.25, 0.3) is 0 Å². The Balaban J connectivity index is 1.68. The molecule has 0 saturated heterocycles. The predicted molar refractivity (Wildman–Crippen MR) is 134 cm³/mol. The highest BCUT2D eigenvalue weighted by atomic mass is 15.0. The van der Waals surface area contributed by atoms with E-state index in [-0.39, 0.29) is 0 Å². The SMILES string of the molecule is N#Cc1ncccc1-c1ccccc1-c1ccccc1-n1c2ccccc2c2ccccc21. The van der Waals surface area contributed by atoms with Gasteiger partial charge in [-0.3, -0.25) is 0 Å². The van der Waals surface area contributed by atoms with Crippen molar-refractivity contribution in [2.45, 2.75) is 0 Å². The van der Waals surface area contributed by atoms with Crippen LogP contribution in [0.4, 0.5) is 0 Å². The second-order valence-electron chi connectivity index (χ2n) is 7.94. The molecule has 0 atom stereocenters. The number of fused-ring (bicyclic) bond motifs is 3. The number of pyridine rings is 1. The molecule has 4 aromatic carbocycles. The molecule has 0 aliphatic carbocycles. The third-order valence-corrected chi connectivity index (χ3v) is 6.15. The minimum absolute atomic E-state index is 0.430. The van der Waals surface area contributed by atoms with Crippen LogP contribution in [-0.4, -0.2) is 9.55 Å². The van der Waals surface area contributed by atoms with Gasteiger partial charge in [-0.05, 0) is 41.5 Å². The fraction of sp³-hybridized carbons (Fsp3) is 0. The Morgan fingerprint density at radius 1 is 0.545 bits per heavy atom. The molecule has 6 aromatic rings. The Kier molecular flexibility index (Phi) is 4.49. The summed E-state index contributed by atoms with van der Waals surface area (Å²) >= 11 is 0. The van der Waals surface area contributed by atoms with E-state index < -0.39 is 0 Å². The zero-order chi connectivity index (χ0) is 22.2. The van der Waals surface area contributed by atoms with Crippen molar-refractivity contribution in [2.24, 2.45) is 0 Å². The van der Waals surface area contributed by atoms with Crippen LogP contribution < -0.4 is 0 Å². The summed E-state index contributed by atoms with van der Waals surface area (Å²) in [7, 11) is 0. The summed E-state index contributed by atoms with van der Waals surface area (Å²) in [6.45, 7) is 0. The molecular weight excluding hydrogens is 402 g/mol. The number of rotatable bonds is 3. The molecule has 0 saturated carbocycles. The molecule has 0 aliphatic rings. The Morgan fingerprint density at radius 2 is 1.06 bits per heavy atom. The lowest BCUT2D eigenvalue weighted by Crippen LogP contribution is -1.98. The van der Waals surface area contributed by atoms with Gasteiger partial charge in [-0.15, -0.1) is 0 Å². The van der Waals surface area contributed by atoms with E-state index in [1.807, 2.05) is 24.3 Å². The van der Waals surface area contributed by atoms with Crippen molar-refractivity contribution >= 4 is 21.8 Å². The normalized spacial score (nSPS) is 11.0.